The lowest BCUT2D eigenvalue weighted by atomic mass is 10.2. The smallest absolute Gasteiger partial charge is 0.358 e. The van der Waals surface area contributed by atoms with Crippen molar-refractivity contribution >= 4 is 39.1 Å². The molecule has 138 valence electrons. The summed E-state index contributed by atoms with van der Waals surface area (Å²) in [5, 5.41) is 5.18. The third-order valence-corrected chi connectivity index (χ3v) is 5.32. The molecule has 1 heterocycles. The van der Waals surface area contributed by atoms with E-state index in [0.29, 0.717) is 17.3 Å². The number of carbonyl (C=O) groups is 1. The standard InChI is InChI=1S/C16H17ClN4O4S/c1-21(10-5-7-11(8-6-10)26(18,23)24)15-12(17)13(16(22)25-2)19-14(20-15)9-3-4-9/h5-9H,3-4H2,1-2H3,(H2,18,23,24). The van der Waals surface area contributed by atoms with Crippen molar-refractivity contribution < 1.29 is 17.9 Å². The Morgan fingerprint density at radius 3 is 2.38 bits per heavy atom. The molecule has 0 amide bonds. The van der Waals surface area contributed by atoms with Crippen molar-refractivity contribution in [3.63, 3.8) is 0 Å². The molecule has 0 unspecified atom stereocenters. The number of nitrogens with two attached hydrogens (primary N) is 1. The Balaban J connectivity index is 2.04. The number of hydrogen-bond acceptors (Lipinski definition) is 7. The van der Waals surface area contributed by atoms with E-state index in [1.54, 1.807) is 24.1 Å². The number of aromatic nitrogens is 2. The molecular formula is C16H17ClN4O4S. The number of carbonyl (C=O) groups excluding carboxylic acids is 1. The molecule has 0 bridgehead atoms. The first-order chi connectivity index (χ1) is 12.2. The molecule has 3 rings (SSSR count). The van der Waals surface area contributed by atoms with Crippen molar-refractivity contribution in [1.29, 1.82) is 0 Å². The van der Waals surface area contributed by atoms with Crippen molar-refractivity contribution in [2.45, 2.75) is 23.7 Å². The molecule has 26 heavy (non-hydrogen) atoms. The molecule has 1 aliphatic rings. The zero-order valence-electron chi connectivity index (χ0n) is 14.1. The van der Waals surface area contributed by atoms with Gasteiger partial charge in [0.25, 0.3) is 0 Å². The number of ether oxygens (including phenoxy) is 1. The number of benzene rings is 1. The lowest BCUT2D eigenvalue weighted by Gasteiger charge is -2.21. The normalized spacial score (nSPS) is 14.2. The highest BCUT2D eigenvalue weighted by Crippen LogP contribution is 2.41. The minimum Gasteiger partial charge on any atom is -0.464 e. The van der Waals surface area contributed by atoms with Crippen LogP contribution in [0.25, 0.3) is 0 Å². The number of halogens is 1. The number of esters is 1. The molecule has 0 spiro atoms. The van der Waals surface area contributed by atoms with Gasteiger partial charge >= 0.3 is 5.97 Å². The Labute approximate surface area is 156 Å². The first-order valence-corrected chi connectivity index (χ1v) is 9.67. The summed E-state index contributed by atoms with van der Waals surface area (Å²) in [6, 6.07) is 5.93. The molecule has 0 saturated heterocycles. The summed E-state index contributed by atoms with van der Waals surface area (Å²) >= 11 is 6.34. The van der Waals surface area contributed by atoms with Gasteiger partial charge in [0.2, 0.25) is 10.0 Å². The van der Waals surface area contributed by atoms with Gasteiger partial charge in [-0.1, -0.05) is 11.6 Å². The van der Waals surface area contributed by atoms with Gasteiger partial charge in [0.05, 0.1) is 12.0 Å². The molecule has 1 aromatic heterocycles. The monoisotopic (exact) mass is 396 g/mol. The summed E-state index contributed by atoms with van der Waals surface area (Å²) in [6.07, 6.45) is 1.91. The van der Waals surface area contributed by atoms with Crippen molar-refractivity contribution in [2.24, 2.45) is 5.14 Å². The van der Waals surface area contributed by atoms with E-state index < -0.39 is 16.0 Å². The Kier molecular flexibility index (Phi) is 4.87. The number of nitrogens with zero attached hydrogens (tertiary/aromatic N) is 3. The summed E-state index contributed by atoms with van der Waals surface area (Å²) in [5.41, 5.74) is 0.629. The van der Waals surface area contributed by atoms with Crippen LogP contribution in [0.3, 0.4) is 0 Å². The zero-order valence-corrected chi connectivity index (χ0v) is 15.7. The van der Waals surface area contributed by atoms with Gasteiger partial charge in [0.1, 0.15) is 10.8 Å². The molecule has 8 nitrogen and oxygen atoms in total. The number of primary sulfonamides is 1. The van der Waals surface area contributed by atoms with E-state index in [0.717, 1.165) is 12.8 Å². The van der Waals surface area contributed by atoms with Gasteiger partial charge in [-0.05, 0) is 37.1 Å². The van der Waals surface area contributed by atoms with Crippen LogP contribution >= 0.6 is 11.6 Å². The van der Waals surface area contributed by atoms with Gasteiger partial charge in [-0.25, -0.2) is 28.3 Å². The Hall–Kier alpha value is -2.23. The molecule has 1 saturated carbocycles. The molecule has 1 aliphatic carbocycles. The summed E-state index contributed by atoms with van der Waals surface area (Å²) in [6.45, 7) is 0. The minimum atomic E-state index is -3.78. The highest BCUT2D eigenvalue weighted by molar-refractivity contribution is 7.89. The van der Waals surface area contributed by atoms with E-state index in [9.17, 15) is 13.2 Å². The topological polar surface area (TPSA) is 115 Å². The van der Waals surface area contributed by atoms with E-state index >= 15 is 0 Å². The predicted octanol–water partition coefficient (Wildman–Crippen LogP) is 2.21. The fraction of sp³-hybridized carbons (Fsp3) is 0.312. The maximum Gasteiger partial charge on any atom is 0.358 e. The van der Waals surface area contributed by atoms with Crippen LogP contribution in [0.5, 0.6) is 0 Å². The van der Waals surface area contributed by atoms with Crippen LogP contribution < -0.4 is 10.0 Å². The van der Waals surface area contributed by atoms with Crippen LogP contribution in [0, 0.1) is 0 Å². The maximum absolute atomic E-state index is 12.0. The van der Waals surface area contributed by atoms with Crippen molar-refractivity contribution in [3.05, 3.63) is 40.8 Å². The lowest BCUT2D eigenvalue weighted by Crippen LogP contribution is -2.17. The van der Waals surface area contributed by atoms with Gasteiger partial charge in [-0.15, -0.1) is 0 Å². The molecule has 2 aromatic rings. The van der Waals surface area contributed by atoms with Crippen LogP contribution in [0.1, 0.15) is 35.1 Å². The quantitative estimate of drug-likeness (QED) is 0.770. The first kappa shape index (κ1) is 18.6. The Morgan fingerprint density at radius 2 is 1.88 bits per heavy atom. The average Bonchev–Trinajstić information content (AvgIpc) is 3.45. The van der Waals surface area contributed by atoms with Gasteiger partial charge < -0.3 is 9.64 Å². The third-order valence-electron chi connectivity index (χ3n) is 4.04. The Bertz CT molecular complexity index is 959. The van der Waals surface area contributed by atoms with Crippen molar-refractivity contribution in [1.82, 2.24) is 9.97 Å². The highest BCUT2D eigenvalue weighted by Gasteiger charge is 2.31. The van der Waals surface area contributed by atoms with Gasteiger partial charge in [-0.2, -0.15) is 0 Å². The molecule has 1 aromatic carbocycles. The van der Waals surface area contributed by atoms with Crippen molar-refractivity contribution in [3.8, 4) is 0 Å². The maximum atomic E-state index is 12.0. The second-order valence-electron chi connectivity index (χ2n) is 5.93. The summed E-state index contributed by atoms with van der Waals surface area (Å²) in [7, 11) is -0.817. The van der Waals surface area contributed by atoms with E-state index in [2.05, 4.69) is 9.97 Å². The molecule has 0 aliphatic heterocycles. The van der Waals surface area contributed by atoms with E-state index in [1.807, 2.05) is 0 Å². The fourth-order valence-electron chi connectivity index (χ4n) is 2.41. The molecular weight excluding hydrogens is 380 g/mol. The molecule has 1 fully saturated rings. The minimum absolute atomic E-state index is 0.00245. The molecule has 0 radical (unpaired) electrons. The SMILES string of the molecule is COC(=O)c1nc(C2CC2)nc(N(C)c2ccc(S(N)(=O)=O)cc2)c1Cl. The number of sulfonamides is 1. The number of anilines is 2. The largest absolute Gasteiger partial charge is 0.464 e. The molecule has 0 atom stereocenters. The highest BCUT2D eigenvalue weighted by atomic mass is 35.5. The van der Waals surface area contributed by atoms with E-state index in [1.165, 1.54) is 19.2 Å². The number of methoxy groups -OCH3 is 1. The molecule has 10 heteroatoms. The second kappa shape index (κ2) is 6.82. The first-order valence-electron chi connectivity index (χ1n) is 7.74. The van der Waals surface area contributed by atoms with Gasteiger partial charge in [0, 0.05) is 18.7 Å². The second-order valence-corrected chi connectivity index (χ2v) is 7.87. The fourth-order valence-corrected chi connectivity index (χ4v) is 3.22. The molecule has 2 N–H and O–H groups in total. The van der Waals surface area contributed by atoms with Crippen LogP contribution in [-0.4, -0.2) is 38.5 Å². The zero-order chi connectivity index (χ0) is 19.1. The third kappa shape index (κ3) is 3.64. The number of hydrogen-bond donors (Lipinski definition) is 1. The van der Waals surface area contributed by atoms with Crippen LogP contribution in [0.2, 0.25) is 5.02 Å². The van der Waals surface area contributed by atoms with Crippen molar-refractivity contribution in [2.75, 3.05) is 19.1 Å². The summed E-state index contributed by atoms with van der Waals surface area (Å²) in [4.78, 5) is 22.4. The lowest BCUT2D eigenvalue weighted by molar-refractivity contribution is 0.0593. The Morgan fingerprint density at radius 1 is 1.27 bits per heavy atom. The van der Waals surface area contributed by atoms with Gasteiger partial charge in [0.15, 0.2) is 11.5 Å². The van der Waals surface area contributed by atoms with Crippen LogP contribution in [-0.2, 0) is 14.8 Å². The van der Waals surface area contributed by atoms with Crippen LogP contribution in [0.4, 0.5) is 11.5 Å². The average molecular weight is 397 g/mol. The summed E-state index contributed by atoms with van der Waals surface area (Å²) < 4.78 is 27.5. The summed E-state index contributed by atoms with van der Waals surface area (Å²) in [5.74, 6) is 0.441. The number of rotatable bonds is 5. The van der Waals surface area contributed by atoms with Gasteiger partial charge in [-0.3, -0.25) is 0 Å². The van der Waals surface area contributed by atoms with Crippen LogP contribution in [0.15, 0.2) is 29.2 Å². The van der Waals surface area contributed by atoms with E-state index in [-0.39, 0.29) is 21.5 Å². The van der Waals surface area contributed by atoms with E-state index in [4.69, 9.17) is 21.5 Å². The predicted molar refractivity (Wildman–Crippen MR) is 96.2 cm³/mol.